The minimum atomic E-state index is -4.10. The van der Waals surface area contributed by atoms with Gasteiger partial charge in [0.2, 0.25) is 0 Å². The standard InChI is InChI=1S/C30H55NO5S2/c1-3-5-7-9-14-18-22-31(23-19-15-10-8-6-4-2)30(38(32,33)34)21-17-13-11-12-16-20-27-24-35-28-25-37-26-29(28)36-27/h25-27,30H,3-24H2,1-2H3,(H,32,33,34). The molecule has 6 nitrogen and oxygen atoms in total. The maximum Gasteiger partial charge on any atom is 0.281 e. The van der Waals surface area contributed by atoms with Gasteiger partial charge in [-0.2, -0.15) is 8.42 Å². The van der Waals surface area contributed by atoms with Crippen LogP contribution >= 0.6 is 11.3 Å². The van der Waals surface area contributed by atoms with Gasteiger partial charge in [-0.05, 0) is 45.2 Å². The van der Waals surface area contributed by atoms with Gasteiger partial charge in [0.05, 0.1) is 0 Å². The molecule has 1 N–H and O–H groups in total. The Bertz CT molecular complexity index is 797. The van der Waals surface area contributed by atoms with Crippen LogP contribution in [0, 0.1) is 0 Å². The van der Waals surface area contributed by atoms with Gasteiger partial charge >= 0.3 is 0 Å². The average Bonchev–Trinajstić information content (AvgIpc) is 3.36. The molecule has 2 atom stereocenters. The highest BCUT2D eigenvalue weighted by Crippen LogP contribution is 2.36. The topological polar surface area (TPSA) is 76.1 Å². The molecule has 0 aromatic carbocycles. The van der Waals surface area contributed by atoms with Crippen molar-refractivity contribution in [2.45, 2.75) is 147 Å². The highest BCUT2D eigenvalue weighted by atomic mass is 32.2. The van der Waals surface area contributed by atoms with Crippen molar-refractivity contribution < 1.29 is 22.4 Å². The number of ether oxygens (including phenoxy) is 2. The summed E-state index contributed by atoms with van der Waals surface area (Å²) in [6.45, 7) is 6.59. The maximum atomic E-state index is 12.4. The second-order valence-electron chi connectivity index (χ2n) is 11.0. The van der Waals surface area contributed by atoms with Crippen LogP contribution in [0.3, 0.4) is 0 Å². The molecule has 1 aliphatic rings. The van der Waals surface area contributed by atoms with Crippen LogP contribution in [0.1, 0.15) is 136 Å². The second-order valence-corrected chi connectivity index (χ2v) is 13.4. The van der Waals surface area contributed by atoms with Crippen molar-refractivity contribution in [1.29, 1.82) is 0 Å². The molecule has 1 aromatic heterocycles. The Morgan fingerprint density at radius 3 is 1.95 bits per heavy atom. The summed E-state index contributed by atoms with van der Waals surface area (Å²) in [5, 5.41) is 3.21. The second kappa shape index (κ2) is 20.1. The van der Waals surface area contributed by atoms with Gasteiger partial charge in [-0.25, -0.2) is 0 Å². The van der Waals surface area contributed by atoms with Crippen LogP contribution in [0.25, 0.3) is 0 Å². The fraction of sp³-hybridized carbons (Fsp3) is 0.867. The van der Waals surface area contributed by atoms with Gasteiger partial charge < -0.3 is 9.47 Å². The highest BCUT2D eigenvalue weighted by Gasteiger charge is 2.29. The summed E-state index contributed by atoms with van der Waals surface area (Å²) in [6, 6.07) is 0. The highest BCUT2D eigenvalue weighted by molar-refractivity contribution is 7.86. The summed E-state index contributed by atoms with van der Waals surface area (Å²) < 4.78 is 46.7. The minimum Gasteiger partial charge on any atom is -0.485 e. The first-order chi connectivity index (χ1) is 18.5. The molecule has 1 aromatic rings. The van der Waals surface area contributed by atoms with Gasteiger partial charge in [-0.1, -0.05) is 104 Å². The molecule has 2 heterocycles. The van der Waals surface area contributed by atoms with Gasteiger partial charge in [0.1, 0.15) is 18.1 Å². The number of unbranched alkanes of at least 4 members (excludes halogenated alkanes) is 14. The van der Waals surface area contributed by atoms with E-state index in [9.17, 15) is 13.0 Å². The lowest BCUT2D eigenvalue weighted by molar-refractivity contribution is 0.0841. The lowest BCUT2D eigenvalue weighted by Crippen LogP contribution is -2.42. The predicted molar refractivity (Wildman–Crippen MR) is 160 cm³/mol. The van der Waals surface area contributed by atoms with Crippen LogP contribution in [0.15, 0.2) is 10.8 Å². The first-order valence-corrected chi connectivity index (χ1v) is 18.0. The maximum absolute atomic E-state index is 12.4. The molecule has 2 rings (SSSR count). The first kappa shape index (κ1) is 33.4. The first-order valence-electron chi connectivity index (χ1n) is 15.5. The van der Waals surface area contributed by atoms with Gasteiger partial charge in [-0.15, -0.1) is 11.3 Å². The van der Waals surface area contributed by atoms with Crippen LogP contribution in [-0.2, 0) is 10.1 Å². The Labute approximate surface area is 237 Å². The number of thiophene rings is 1. The fourth-order valence-corrected chi connectivity index (χ4v) is 7.06. The van der Waals surface area contributed by atoms with Crippen molar-refractivity contribution in [3.05, 3.63) is 10.8 Å². The minimum absolute atomic E-state index is 0.124. The van der Waals surface area contributed by atoms with Gasteiger partial charge in [0.15, 0.2) is 11.5 Å². The molecule has 0 saturated carbocycles. The molecule has 2 unspecified atom stereocenters. The van der Waals surface area contributed by atoms with Crippen molar-refractivity contribution in [1.82, 2.24) is 4.90 Å². The van der Waals surface area contributed by atoms with E-state index in [0.717, 1.165) is 88.8 Å². The molecule has 0 saturated heterocycles. The summed E-state index contributed by atoms with van der Waals surface area (Å²) in [5.41, 5.74) is 0. The van der Waals surface area contributed by atoms with E-state index in [1.807, 2.05) is 10.8 Å². The normalized spacial score (nSPS) is 16.3. The molecular weight excluding hydrogens is 518 g/mol. The van der Waals surface area contributed by atoms with Crippen molar-refractivity contribution >= 4 is 21.5 Å². The third-order valence-electron chi connectivity index (χ3n) is 7.64. The molecule has 0 bridgehead atoms. The predicted octanol–water partition coefficient (Wildman–Crippen LogP) is 8.86. The van der Waals surface area contributed by atoms with Gasteiger partial charge in [-0.3, -0.25) is 9.45 Å². The summed E-state index contributed by atoms with van der Waals surface area (Å²) >= 11 is 1.60. The van der Waals surface area contributed by atoms with Crippen molar-refractivity contribution in [3.63, 3.8) is 0 Å². The van der Waals surface area contributed by atoms with Gasteiger partial charge in [0, 0.05) is 10.8 Å². The molecular formula is C30H55NO5S2. The zero-order valence-corrected chi connectivity index (χ0v) is 25.8. The summed E-state index contributed by atoms with van der Waals surface area (Å²) in [5.74, 6) is 1.73. The van der Waals surface area contributed by atoms with Gasteiger partial charge in [0.25, 0.3) is 10.1 Å². The zero-order chi connectivity index (χ0) is 27.5. The molecule has 1 aliphatic heterocycles. The van der Waals surface area contributed by atoms with E-state index in [1.165, 1.54) is 51.4 Å². The van der Waals surface area contributed by atoms with Crippen LogP contribution < -0.4 is 9.47 Å². The summed E-state index contributed by atoms with van der Waals surface area (Å²) in [7, 11) is -4.10. The van der Waals surface area contributed by atoms with E-state index in [1.54, 1.807) is 11.3 Å². The largest absolute Gasteiger partial charge is 0.485 e. The molecule has 0 amide bonds. The molecule has 0 spiro atoms. The Morgan fingerprint density at radius 1 is 0.816 bits per heavy atom. The monoisotopic (exact) mass is 573 g/mol. The van der Waals surface area contributed by atoms with E-state index in [4.69, 9.17) is 9.47 Å². The summed E-state index contributed by atoms with van der Waals surface area (Å²) in [6.07, 6.45) is 20.9. The van der Waals surface area contributed by atoms with Crippen LogP contribution in [0.5, 0.6) is 11.5 Å². The molecule has 0 radical (unpaired) electrons. The third-order valence-corrected chi connectivity index (χ3v) is 9.56. The fourth-order valence-electron chi connectivity index (χ4n) is 5.33. The van der Waals surface area contributed by atoms with Crippen LogP contribution in [0.2, 0.25) is 0 Å². The average molecular weight is 574 g/mol. The smallest absolute Gasteiger partial charge is 0.281 e. The van der Waals surface area contributed by atoms with Crippen molar-refractivity contribution in [3.8, 4) is 11.5 Å². The molecule has 0 fully saturated rings. The third kappa shape index (κ3) is 14.0. The van der Waals surface area contributed by atoms with E-state index in [-0.39, 0.29) is 6.10 Å². The number of nitrogens with zero attached hydrogens (tertiary/aromatic N) is 1. The Kier molecular flexibility index (Phi) is 17.7. The zero-order valence-electron chi connectivity index (χ0n) is 24.2. The number of hydrogen-bond donors (Lipinski definition) is 1. The lowest BCUT2D eigenvalue weighted by Gasteiger charge is -2.30. The van der Waals surface area contributed by atoms with E-state index >= 15 is 0 Å². The Balaban J connectivity index is 1.71. The molecule has 8 heteroatoms. The van der Waals surface area contributed by atoms with E-state index < -0.39 is 15.5 Å². The van der Waals surface area contributed by atoms with Crippen LogP contribution in [0.4, 0.5) is 0 Å². The lowest BCUT2D eigenvalue weighted by atomic mass is 10.1. The number of hydrogen-bond acceptors (Lipinski definition) is 6. The van der Waals surface area contributed by atoms with E-state index in [2.05, 4.69) is 18.7 Å². The molecule has 222 valence electrons. The van der Waals surface area contributed by atoms with Crippen molar-refractivity contribution in [2.24, 2.45) is 0 Å². The molecule has 0 aliphatic carbocycles. The number of fused-ring (bicyclic) bond motifs is 1. The summed E-state index contributed by atoms with van der Waals surface area (Å²) in [4.78, 5) is 2.08. The SMILES string of the molecule is CCCCCCCCN(CCCCCCCC)C(CCCCCCCC1COc2cscc2O1)S(=O)(=O)O. The van der Waals surface area contributed by atoms with E-state index in [0.29, 0.717) is 13.0 Å². The Hall–Kier alpha value is -0.830. The Morgan fingerprint density at radius 2 is 1.34 bits per heavy atom. The number of rotatable bonds is 24. The quantitative estimate of drug-likeness (QED) is 0.0983. The van der Waals surface area contributed by atoms with Crippen LogP contribution in [-0.4, -0.2) is 49.0 Å². The molecule has 38 heavy (non-hydrogen) atoms. The van der Waals surface area contributed by atoms with Crippen molar-refractivity contribution in [2.75, 3.05) is 19.7 Å².